The van der Waals surface area contributed by atoms with Gasteiger partial charge in [-0.2, -0.15) is 0 Å². The van der Waals surface area contributed by atoms with Crippen molar-refractivity contribution >= 4 is 12.0 Å². The lowest BCUT2D eigenvalue weighted by atomic mass is 10.1. The van der Waals surface area contributed by atoms with E-state index in [4.69, 9.17) is 5.73 Å². The van der Waals surface area contributed by atoms with Crippen molar-refractivity contribution in [1.29, 1.82) is 0 Å². The number of aliphatic imine (C=N–C) groups is 1. The molecule has 0 amide bonds. The predicted molar refractivity (Wildman–Crippen MR) is 64.5 cm³/mol. The molecule has 1 aromatic rings. The highest BCUT2D eigenvalue weighted by Crippen LogP contribution is 2.16. The molecule has 80 valence electrons. The highest BCUT2D eigenvalue weighted by molar-refractivity contribution is 5.80. The molecule has 2 rings (SSSR count). The second kappa shape index (κ2) is 4.45. The first-order valence-electron chi connectivity index (χ1n) is 5.37. The lowest BCUT2D eigenvalue weighted by molar-refractivity contribution is 0.738. The Balaban J connectivity index is 2.06. The number of rotatable bonds is 3. The van der Waals surface area contributed by atoms with Crippen LogP contribution in [-0.4, -0.2) is 25.5 Å². The summed E-state index contributed by atoms with van der Waals surface area (Å²) in [5.41, 5.74) is 8.26. The number of hydrogen-bond donors (Lipinski definition) is 1. The molecule has 0 saturated heterocycles. The Labute approximate surface area is 90.6 Å². The fourth-order valence-electron chi connectivity index (χ4n) is 1.77. The first kappa shape index (κ1) is 10.2. The van der Waals surface area contributed by atoms with Crippen LogP contribution in [0.5, 0.6) is 0 Å². The van der Waals surface area contributed by atoms with E-state index in [9.17, 15) is 0 Å². The van der Waals surface area contributed by atoms with Crippen LogP contribution < -0.4 is 10.6 Å². The molecule has 0 aliphatic carbocycles. The Morgan fingerprint density at radius 2 is 2.13 bits per heavy atom. The molecule has 0 bridgehead atoms. The Morgan fingerprint density at radius 1 is 1.40 bits per heavy atom. The molecule has 3 nitrogen and oxygen atoms in total. The average Bonchev–Trinajstić information content (AvgIpc) is 2.71. The van der Waals surface area contributed by atoms with Crippen molar-refractivity contribution in [3.05, 3.63) is 29.8 Å². The van der Waals surface area contributed by atoms with Crippen molar-refractivity contribution in [2.45, 2.75) is 19.4 Å². The minimum Gasteiger partial charge on any atom is -0.331 e. The number of nitrogens with two attached hydrogens (primary N) is 1. The average molecular weight is 203 g/mol. The topological polar surface area (TPSA) is 41.6 Å². The molecule has 0 fully saturated rings. The van der Waals surface area contributed by atoms with E-state index in [0.717, 1.165) is 19.5 Å². The fourth-order valence-corrected chi connectivity index (χ4v) is 1.77. The highest BCUT2D eigenvalue weighted by Gasteiger charge is 2.07. The molecule has 1 aliphatic rings. The minimum atomic E-state index is 0.226. The summed E-state index contributed by atoms with van der Waals surface area (Å²) in [6, 6.07) is 8.78. The van der Waals surface area contributed by atoms with Crippen LogP contribution in [0.25, 0.3) is 0 Å². The summed E-state index contributed by atoms with van der Waals surface area (Å²) in [6.07, 6.45) is 2.84. The van der Waals surface area contributed by atoms with Crippen LogP contribution in [0.1, 0.15) is 12.5 Å². The quantitative estimate of drug-likeness (QED) is 0.807. The largest absolute Gasteiger partial charge is 0.331 e. The molecule has 0 spiro atoms. The summed E-state index contributed by atoms with van der Waals surface area (Å²) in [7, 11) is 0. The lowest BCUT2D eigenvalue weighted by Crippen LogP contribution is -2.19. The first-order valence-corrected chi connectivity index (χ1v) is 5.37. The summed E-state index contributed by atoms with van der Waals surface area (Å²) < 4.78 is 0. The summed E-state index contributed by atoms with van der Waals surface area (Å²) in [5.74, 6) is 0. The Morgan fingerprint density at radius 3 is 2.67 bits per heavy atom. The fraction of sp³-hybridized carbons (Fsp3) is 0.417. The van der Waals surface area contributed by atoms with Gasteiger partial charge in [0.2, 0.25) is 0 Å². The van der Waals surface area contributed by atoms with Gasteiger partial charge >= 0.3 is 0 Å². The van der Waals surface area contributed by atoms with E-state index < -0.39 is 0 Å². The zero-order valence-corrected chi connectivity index (χ0v) is 9.06. The monoisotopic (exact) mass is 203 g/mol. The third-order valence-corrected chi connectivity index (χ3v) is 2.52. The normalized spacial score (nSPS) is 17.1. The van der Waals surface area contributed by atoms with Crippen LogP contribution in [0.2, 0.25) is 0 Å². The van der Waals surface area contributed by atoms with Gasteiger partial charge in [0, 0.05) is 18.3 Å². The summed E-state index contributed by atoms with van der Waals surface area (Å²) >= 11 is 0. The molecule has 0 saturated carbocycles. The van der Waals surface area contributed by atoms with Gasteiger partial charge in [-0.1, -0.05) is 12.1 Å². The van der Waals surface area contributed by atoms with Crippen molar-refractivity contribution in [2.24, 2.45) is 10.7 Å². The summed E-state index contributed by atoms with van der Waals surface area (Å²) in [5, 5.41) is 0. The maximum absolute atomic E-state index is 5.75. The van der Waals surface area contributed by atoms with Gasteiger partial charge in [0.05, 0.1) is 12.9 Å². The zero-order chi connectivity index (χ0) is 10.7. The zero-order valence-electron chi connectivity index (χ0n) is 9.06. The molecular weight excluding hydrogens is 186 g/mol. The van der Waals surface area contributed by atoms with Crippen molar-refractivity contribution < 1.29 is 0 Å². The van der Waals surface area contributed by atoms with E-state index in [1.54, 1.807) is 0 Å². The van der Waals surface area contributed by atoms with E-state index in [1.807, 2.05) is 13.3 Å². The number of benzene rings is 1. The molecule has 1 aliphatic heterocycles. The van der Waals surface area contributed by atoms with Crippen LogP contribution >= 0.6 is 0 Å². The molecule has 0 radical (unpaired) electrons. The number of anilines is 1. The van der Waals surface area contributed by atoms with E-state index >= 15 is 0 Å². The van der Waals surface area contributed by atoms with Crippen molar-refractivity contribution in [3.63, 3.8) is 0 Å². The van der Waals surface area contributed by atoms with Gasteiger partial charge in [-0.3, -0.25) is 4.99 Å². The van der Waals surface area contributed by atoms with Gasteiger partial charge in [0.25, 0.3) is 0 Å². The van der Waals surface area contributed by atoms with Gasteiger partial charge in [-0.15, -0.1) is 0 Å². The van der Waals surface area contributed by atoms with Gasteiger partial charge in [-0.25, -0.2) is 0 Å². The number of nitrogens with zero attached hydrogens (tertiary/aromatic N) is 2. The molecular formula is C12H17N3. The highest BCUT2D eigenvalue weighted by atomic mass is 15.2. The molecule has 1 aromatic carbocycles. The molecule has 0 aromatic heterocycles. The van der Waals surface area contributed by atoms with Crippen molar-refractivity contribution in [3.8, 4) is 0 Å². The van der Waals surface area contributed by atoms with Crippen LogP contribution in [-0.2, 0) is 6.42 Å². The minimum absolute atomic E-state index is 0.226. The lowest BCUT2D eigenvalue weighted by Gasteiger charge is -2.14. The maximum Gasteiger partial charge on any atom is 0.0895 e. The summed E-state index contributed by atoms with van der Waals surface area (Å²) in [4.78, 5) is 6.36. The van der Waals surface area contributed by atoms with Crippen LogP contribution in [0, 0.1) is 0 Å². The second-order valence-electron chi connectivity index (χ2n) is 4.06. The third kappa shape index (κ3) is 2.57. The van der Waals surface area contributed by atoms with Gasteiger partial charge < -0.3 is 10.6 Å². The first-order chi connectivity index (χ1) is 7.25. The Bertz CT molecular complexity index is 340. The molecule has 3 heteroatoms. The van der Waals surface area contributed by atoms with Crippen LogP contribution in [0.3, 0.4) is 0 Å². The standard InChI is InChI=1S/C12H17N3/c1-10(13)8-11-2-4-12(5-3-11)15-7-6-14-9-15/h2-5,9-10H,6-8,13H2,1H3. The SMILES string of the molecule is CC(N)Cc1ccc(N2C=NCC2)cc1. The summed E-state index contributed by atoms with van der Waals surface area (Å²) in [6.45, 7) is 3.93. The van der Waals surface area contributed by atoms with Crippen molar-refractivity contribution in [2.75, 3.05) is 18.0 Å². The van der Waals surface area contributed by atoms with Crippen molar-refractivity contribution in [1.82, 2.24) is 0 Å². The molecule has 2 N–H and O–H groups in total. The molecule has 1 atom stereocenters. The molecule has 1 heterocycles. The number of hydrogen-bond acceptors (Lipinski definition) is 3. The van der Waals surface area contributed by atoms with E-state index in [1.165, 1.54) is 11.3 Å². The van der Waals surface area contributed by atoms with Gasteiger partial charge in [-0.05, 0) is 31.0 Å². The molecule has 1 unspecified atom stereocenters. The van der Waals surface area contributed by atoms with E-state index in [-0.39, 0.29) is 6.04 Å². The molecule has 15 heavy (non-hydrogen) atoms. The van der Waals surface area contributed by atoms with Gasteiger partial charge in [0.15, 0.2) is 0 Å². The Hall–Kier alpha value is -1.35. The second-order valence-corrected chi connectivity index (χ2v) is 4.06. The van der Waals surface area contributed by atoms with Crippen LogP contribution in [0.4, 0.5) is 5.69 Å². The third-order valence-electron chi connectivity index (χ3n) is 2.52. The Kier molecular flexibility index (Phi) is 3.02. The maximum atomic E-state index is 5.75. The van der Waals surface area contributed by atoms with Gasteiger partial charge in [0.1, 0.15) is 0 Å². The van der Waals surface area contributed by atoms with E-state index in [0.29, 0.717) is 0 Å². The van der Waals surface area contributed by atoms with Crippen LogP contribution in [0.15, 0.2) is 29.3 Å². The van der Waals surface area contributed by atoms with E-state index in [2.05, 4.69) is 34.2 Å². The smallest absolute Gasteiger partial charge is 0.0895 e. The predicted octanol–water partition coefficient (Wildman–Crippen LogP) is 1.42.